The van der Waals surface area contributed by atoms with Crippen molar-refractivity contribution in [2.45, 2.75) is 0 Å². The molecule has 15 heavy (non-hydrogen) atoms. The van der Waals surface area contributed by atoms with Crippen molar-refractivity contribution >= 4 is 18.0 Å². The maximum absolute atomic E-state index is 11.0. The lowest BCUT2D eigenvalue weighted by molar-refractivity contribution is -0.152. The van der Waals surface area contributed by atoms with Crippen LogP contribution in [0.25, 0.3) is 6.08 Å². The zero-order chi connectivity index (χ0) is 11.1. The lowest BCUT2D eigenvalue weighted by Gasteiger charge is -1.93. The molecule has 1 aromatic heterocycles. The topological polar surface area (TPSA) is 56.3 Å². The van der Waals surface area contributed by atoms with Crippen LogP contribution in [0, 0.1) is 0 Å². The van der Waals surface area contributed by atoms with Crippen molar-refractivity contribution in [1.29, 1.82) is 0 Å². The number of carbonyl (C=O) groups excluding carboxylic acids is 2. The van der Waals surface area contributed by atoms with Gasteiger partial charge in [0.05, 0.1) is 5.69 Å². The number of nitrogens with zero attached hydrogens (tertiary/aromatic N) is 1. The van der Waals surface area contributed by atoms with E-state index in [1.54, 1.807) is 24.4 Å². The summed E-state index contributed by atoms with van der Waals surface area (Å²) in [5.74, 6) is -1.52. The normalized spacial score (nSPS) is 9.87. The standard InChI is InChI=1S/C11H9NO3/c1-2-10(13)15-11(14)7-6-9-5-3-4-8-12-9/h2-8H,1H2/b7-6+. The highest BCUT2D eigenvalue weighted by molar-refractivity contribution is 5.97. The molecule has 0 bridgehead atoms. The van der Waals surface area contributed by atoms with E-state index in [0.717, 1.165) is 12.2 Å². The summed E-state index contributed by atoms with van der Waals surface area (Å²) >= 11 is 0. The van der Waals surface area contributed by atoms with Gasteiger partial charge in [0.15, 0.2) is 0 Å². The lowest BCUT2D eigenvalue weighted by atomic mass is 10.3. The van der Waals surface area contributed by atoms with Gasteiger partial charge in [-0.3, -0.25) is 4.98 Å². The first-order chi connectivity index (χ1) is 7.22. The first-order valence-corrected chi connectivity index (χ1v) is 4.19. The minimum absolute atomic E-state index is 0.612. The van der Waals surface area contributed by atoms with Crippen molar-refractivity contribution in [2.75, 3.05) is 0 Å². The Balaban J connectivity index is 2.55. The van der Waals surface area contributed by atoms with Crippen LogP contribution in [0.3, 0.4) is 0 Å². The Morgan fingerprint density at radius 2 is 2.13 bits per heavy atom. The van der Waals surface area contributed by atoms with Crippen LogP contribution < -0.4 is 0 Å². The third-order valence-corrected chi connectivity index (χ3v) is 1.45. The fraction of sp³-hybridized carbons (Fsp3) is 0. The molecule has 1 heterocycles. The Morgan fingerprint density at radius 1 is 1.33 bits per heavy atom. The van der Waals surface area contributed by atoms with Gasteiger partial charge in [0.2, 0.25) is 0 Å². The van der Waals surface area contributed by atoms with E-state index in [2.05, 4.69) is 16.3 Å². The molecule has 0 aliphatic rings. The predicted octanol–water partition coefficient (Wildman–Crippen LogP) is 1.35. The van der Waals surface area contributed by atoms with E-state index in [4.69, 9.17) is 0 Å². The first kappa shape index (κ1) is 10.8. The second-order valence-electron chi connectivity index (χ2n) is 2.53. The molecule has 76 valence electrons. The largest absolute Gasteiger partial charge is 0.387 e. The molecule has 0 saturated heterocycles. The number of hydrogen-bond acceptors (Lipinski definition) is 4. The Bertz CT molecular complexity index is 396. The molecule has 0 amide bonds. The van der Waals surface area contributed by atoms with Crippen molar-refractivity contribution in [3.63, 3.8) is 0 Å². The molecule has 1 rings (SSSR count). The molecular weight excluding hydrogens is 194 g/mol. The van der Waals surface area contributed by atoms with Gasteiger partial charge in [0.1, 0.15) is 0 Å². The molecule has 0 N–H and O–H groups in total. The molecule has 0 saturated carbocycles. The van der Waals surface area contributed by atoms with Gasteiger partial charge in [-0.15, -0.1) is 0 Å². The third-order valence-electron chi connectivity index (χ3n) is 1.45. The molecule has 4 nitrogen and oxygen atoms in total. The monoisotopic (exact) mass is 203 g/mol. The van der Waals surface area contributed by atoms with Gasteiger partial charge in [-0.05, 0) is 18.2 Å². The maximum Gasteiger partial charge on any atom is 0.338 e. The summed E-state index contributed by atoms with van der Waals surface area (Å²) in [4.78, 5) is 25.6. The SMILES string of the molecule is C=CC(=O)OC(=O)/C=C/c1ccccn1. The van der Waals surface area contributed by atoms with Crippen molar-refractivity contribution in [3.8, 4) is 0 Å². The van der Waals surface area contributed by atoms with Crippen LogP contribution in [0.1, 0.15) is 5.69 Å². The Morgan fingerprint density at radius 3 is 2.73 bits per heavy atom. The van der Waals surface area contributed by atoms with Gasteiger partial charge in [-0.25, -0.2) is 9.59 Å². The van der Waals surface area contributed by atoms with Crippen molar-refractivity contribution in [1.82, 2.24) is 4.98 Å². The minimum atomic E-state index is -0.773. The van der Waals surface area contributed by atoms with E-state index in [9.17, 15) is 9.59 Å². The Kier molecular flexibility index (Phi) is 3.97. The molecule has 0 fully saturated rings. The summed E-state index contributed by atoms with van der Waals surface area (Å²) in [6.45, 7) is 3.17. The third kappa shape index (κ3) is 3.99. The van der Waals surface area contributed by atoms with Crippen LogP contribution in [0.4, 0.5) is 0 Å². The molecule has 4 heteroatoms. The van der Waals surface area contributed by atoms with Crippen LogP contribution in [0.15, 0.2) is 43.1 Å². The van der Waals surface area contributed by atoms with Gasteiger partial charge < -0.3 is 4.74 Å². The minimum Gasteiger partial charge on any atom is -0.387 e. The van der Waals surface area contributed by atoms with E-state index in [-0.39, 0.29) is 0 Å². The highest BCUT2D eigenvalue weighted by atomic mass is 16.6. The van der Waals surface area contributed by atoms with Crippen LogP contribution in [-0.2, 0) is 14.3 Å². The smallest absolute Gasteiger partial charge is 0.338 e. The molecule has 0 aliphatic heterocycles. The highest BCUT2D eigenvalue weighted by Crippen LogP contribution is 1.96. The van der Waals surface area contributed by atoms with E-state index in [1.807, 2.05) is 0 Å². The number of ether oxygens (including phenoxy) is 1. The molecule has 0 spiro atoms. The molecule has 0 aliphatic carbocycles. The zero-order valence-corrected chi connectivity index (χ0v) is 7.92. The summed E-state index contributed by atoms with van der Waals surface area (Å²) in [6.07, 6.45) is 5.11. The van der Waals surface area contributed by atoms with Gasteiger partial charge >= 0.3 is 11.9 Å². The fourth-order valence-electron chi connectivity index (χ4n) is 0.803. The molecule has 0 unspecified atom stereocenters. The number of pyridine rings is 1. The summed E-state index contributed by atoms with van der Waals surface area (Å²) < 4.78 is 4.31. The number of carbonyl (C=O) groups is 2. The lowest BCUT2D eigenvalue weighted by Crippen LogP contribution is -2.06. The predicted molar refractivity (Wildman–Crippen MR) is 54.6 cm³/mol. The van der Waals surface area contributed by atoms with E-state index in [0.29, 0.717) is 5.69 Å². The van der Waals surface area contributed by atoms with Crippen LogP contribution in [-0.4, -0.2) is 16.9 Å². The van der Waals surface area contributed by atoms with E-state index >= 15 is 0 Å². The van der Waals surface area contributed by atoms with Crippen molar-refractivity contribution in [2.24, 2.45) is 0 Å². The number of aromatic nitrogens is 1. The second kappa shape index (κ2) is 5.49. The quantitative estimate of drug-likeness (QED) is 0.422. The van der Waals surface area contributed by atoms with Crippen molar-refractivity contribution < 1.29 is 14.3 Å². The summed E-state index contributed by atoms with van der Waals surface area (Å²) in [5.41, 5.74) is 0.612. The molecule has 1 aromatic rings. The van der Waals surface area contributed by atoms with Crippen LogP contribution >= 0.6 is 0 Å². The number of rotatable bonds is 3. The van der Waals surface area contributed by atoms with Crippen LogP contribution in [0.2, 0.25) is 0 Å². The maximum atomic E-state index is 11.0. The van der Waals surface area contributed by atoms with Crippen LogP contribution in [0.5, 0.6) is 0 Å². The molecule has 0 radical (unpaired) electrons. The van der Waals surface area contributed by atoms with E-state index in [1.165, 1.54) is 6.08 Å². The Hall–Kier alpha value is -2.23. The molecular formula is C11H9NO3. The molecule has 0 atom stereocenters. The average Bonchev–Trinajstić information content (AvgIpc) is 2.27. The zero-order valence-electron chi connectivity index (χ0n) is 7.92. The Labute approximate surface area is 86.9 Å². The number of hydrogen-bond donors (Lipinski definition) is 0. The fourth-order valence-corrected chi connectivity index (χ4v) is 0.803. The summed E-state index contributed by atoms with van der Waals surface area (Å²) in [5, 5.41) is 0. The van der Waals surface area contributed by atoms with E-state index < -0.39 is 11.9 Å². The average molecular weight is 203 g/mol. The summed E-state index contributed by atoms with van der Waals surface area (Å²) in [6, 6.07) is 5.27. The first-order valence-electron chi connectivity index (χ1n) is 4.19. The second-order valence-corrected chi connectivity index (χ2v) is 2.53. The van der Waals surface area contributed by atoms with Gasteiger partial charge in [0.25, 0.3) is 0 Å². The molecule has 0 aromatic carbocycles. The van der Waals surface area contributed by atoms with Gasteiger partial charge in [0, 0.05) is 18.3 Å². The number of esters is 2. The van der Waals surface area contributed by atoms with Gasteiger partial charge in [-0.1, -0.05) is 12.6 Å². The van der Waals surface area contributed by atoms with Gasteiger partial charge in [-0.2, -0.15) is 0 Å². The summed E-state index contributed by atoms with van der Waals surface area (Å²) in [7, 11) is 0. The van der Waals surface area contributed by atoms with Crippen molar-refractivity contribution in [3.05, 3.63) is 48.8 Å². The highest BCUT2D eigenvalue weighted by Gasteiger charge is 2.01.